The van der Waals surface area contributed by atoms with E-state index in [0.29, 0.717) is 6.54 Å². The van der Waals surface area contributed by atoms with Crippen LogP contribution >= 0.6 is 0 Å². The second-order valence-electron chi connectivity index (χ2n) is 10.6. The zero-order valence-electron chi connectivity index (χ0n) is 18.3. The molecule has 5 aliphatic rings. The third-order valence-corrected chi connectivity index (χ3v) is 8.29. The monoisotopic (exact) mass is 409 g/mol. The summed E-state index contributed by atoms with van der Waals surface area (Å²) in [5.41, 5.74) is 0.960. The highest BCUT2D eigenvalue weighted by Gasteiger charge is 2.55. The van der Waals surface area contributed by atoms with Crippen LogP contribution in [0.3, 0.4) is 0 Å². The Bertz CT molecular complexity index is 773. The Balaban J connectivity index is 1.29. The van der Waals surface area contributed by atoms with Crippen molar-refractivity contribution in [2.24, 2.45) is 23.2 Å². The van der Waals surface area contributed by atoms with E-state index in [4.69, 9.17) is 0 Å². The Hall–Kier alpha value is -1.88. The number of rotatable bonds is 4. The van der Waals surface area contributed by atoms with E-state index in [9.17, 15) is 9.59 Å². The molecule has 30 heavy (non-hydrogen) atoms. The van der Waals surface area contributed by atoms with Gasteiger partial charge >= 0.3 is 0 Å². The number of carbonyl (C=O) groups is 2. The standard InChI is InChI=1S/C25H35N3O2/c1-17(26-24(30)25-13-18-10-19(14-25)12-20(11-18)15-25)23(29)28-9-8-27(2)16-22(28)21-6-4-3-5-7-21/h3-7,17-20,22H,8-16H2,1-2H3,(H,26,30)/t17-,18?,19?,20?,22-,25?/m1/s1. The predicted molar refractivity (Wildman–Crippen MR) is 117 cm³/mol. The molecule has 4 saturated carbocycles. The number of hydrogen-bond donors (Lipinski definition) is 1. The van der Waals surface area contributed by atoms with Crippen molar-refractivity contribution >= 4 is 11.8 Å². The minimum atomic E-state index is -0.472. The first-order valence-corrected chi connectivity index (χ1v) is 11.8. The number of carbonyl (C=O) groups excluding carboxylic acids is 2. The SMILES string of the molecule is C[C@@H](NC(=O)C12CC3CC(CC(C3)C1)C2)C(=O)N1CCN(C)C[C@@H]1c1ccccc1. The number of likely N-dealkylation sites (N-methyl/N-ethyl adjacent to an activating group) is 1. The van der Waals surface area contributed by atoms with E-state index in [1.165, 1.54) is 19.3 Å². The van der Waals surface area contributed by atoms with E-state index in [1.54, 1.807) is 0 Å². The molecule has 1 heterocycles. The fourth-order valence-electron chi connectivity index (χ4n) is 7.19. The lowest BCUT2D eigenvalue weighted by Crippen LogP contribution is -2.58. The number of benzene rings is 1. The van der Waals surface area contributed by atoms with Crippen molar-refractivity contribution in [1.29, 1.82) is 0 Å². The lowest BCUT2D eigenvalue weighted by molar-refractivity contribution is -0.150. The van der Waals surface area contributed by atoms with Gasteiger partial charge in [-0.25, -0.2) is 0 Å². The molecular formula is C25H35N3O2. The van der Waals surface area contributed by atoms with Crippen LogP contribution in [-0.4, -0.2) is 54.3 Å². The van der Waals surface area contributed by atoms with E-state index in [1.807, 2.05) is 30.0 Å². The molecule has 1 aromatic rings. The van der Waals surface area contributed by atoms with Crippen molar-refractivity contribution in [1.82, 2.24) is 15.1 Å². The Morgan fingerprint density at radius 3 is 2.20 bits per heavy atom. The van der Waals surface area contributed by atoms with E-state index in [-0.39, 0.29) is 23.3 Å². The van der Waals surface area contributed by atoms with Crippen molar-refractivity contribution in [3.63, 3.8) is 0 Å². The molecular weight excluding hydrogens is 374 g/mol. The molecule has 1 N–H and O–H groups in total. The van der Waals surface area contributed by atoms with Gasteiger partial charge in [-0.15, -0.1) is 0 Å². The number of nitrogens with zero attached hydrogens (tertiary/aromatic N) is 2. The number of nitrogens with one attached hydrogen (secondary N) is 1. The first-order chi connectivity index (χ1) is 14.4. The Kier molecular flexibility index (Phi) is 5.12. The number of hydrogen-bond acceptors (Lipinski definition) is 3. The van der Waals surface area contributed by atoms with Crippen molar-refractivity contribution in [2.75, 3.05) is 26.7 Å². The highest BCUT2D eigenvalue weighted by molar-refractivity contribution is 5.90. The van der Waals surface area contributed by atoms with Gasteiger partial charge in [0.15, 0.2) is 0 Å². The molecule has 0 unspecified atom stereocenters. The molecule has 0 radical (unpaired) electrons. The average Bonchev–Trinajstić information content (AvgIpc) is 2.73. The molecule has 2 amide bonds. The molecule has 6 rings (SSSR count). The van der Waals surface area contributed by atoms with Crippen molar-refractivity contribution < 1.29 is 9.59 Å². The summed E-state index contributed by atoms with van der Waals surface area (Å²) in [5, 5.41) is 3.17. The zero-order valence-corrected chi connectivity index (χ0v) is 18.3. The van der Waals surface area contributed by atoms with E-state index in [2.05, 4.69) is 29.4 Å². The van der Waals surface area contributed by atoms with Crippen molar-refractivity contribution in [2.45, 2.75) is 57.5 Å². The quantitative estimate of drug-likeness (QED) is 0.831. The maximum absolute atomic E-state index is 13.4. The molecule has 162 valence electrons. The van der Waals surface area contributed by atoms with Gasteiger partial charge in [-0.3, -0.25) is 9.59 Å². The molecule has 0 spiro atoms. The topological polar surface area (TPSA) is 52.7 Å². The third-order valence-electron chi connectivity index (χ3n) is 8.29. The fourth-order valence-corrected chi connectivity index (χ4v) is 7.19. The van der Waals surface area contributed by atoms with Gasteiger partial charge in [-0.2, -0.15) is 0 Å². The lowest BCUT2D eigenvalue weighted by Gasteiger charge is -2.55. The first-order valence-electron chi connectivity index (χ1n) is 11.8. The summed E-state index contributed by atoms with van der Waals surface area (Å²) in [6.45, 7) is 4.27. The van der Waals surface area contributed by atoms with Crippen LogP contribution in [0.1, 0.15) is 57.1 Å². The Labute approximate surface area is 180 Å². The fraction of sp³-hybridized carbons (Fsp3) is 0.680. The van der Waals surface area contributed by atoms with Gasteiger partial charge in [-0.05, 0) is 75.8 Å². The van der Waals surface area contributed by atoms with Crippen LogP contribution in [0.4, 0.5) is 0 Å². The van der Waals surface area contributed by atoms with Gasteiger partial charge in [0, 0.05) is 25.0 Å². The summed E-state index contributed by atoms with van der Waals surface area (Å²) in [6.07, 6.45) is 7.07. The molecule has 5 nitrogen and oxygen atoms in total. The summed E-state index contributed by atoms with van der Waals surface area (Å²) >= 11 is 0. The number of amides is 2. The summed E-state index contributed by atoms with van der Waals surface area (Å²) in [5.74, 6) is 2.39. The largest absolute Gasteiger partial charge is 0.344 e. The van der Waals surface area contributed by atoms with Gasteiger partial charge in [0.05, 0.1) is 6.04 Å². The molecule has 5 fully saturated rings. The molecule has 1 aliphatic heterocycles. The van der Waals surface area contributed by atoms with Crippen LogP contribution < -0.4 is 5.32 Å². The maximum atomic E-state index is 13.4. The second kappa shape index (κ2) is 7.67. The third kappa shape index (κ3) is 3.55. The van der Waals surface area contributed by atoms with Crippen LogP contribution in [0.5, 0.6) is 0 Å². The van der Waals surface area contributed by atoms with Crippen LogP contribution in [0.2, 0.25) is 0 Å². The van der Waals surface area contributed by atoms with Gasteiger partial charge in [-0.1, -0.05) is 30.3 Å². The second-order valence-corrected chi connectivity index (χ2v) is 10.6. The summed E-state index contributed by atoms with van der Waals surface area (Å²) in [4.78, 5) is 31.1. The minimum Gasteiger partial charge on any atom is -0.344 e. The average molecular weight is 410 g/mol. The lowest BCUT2D eigenvalue weighted by atomic mass is 9.49. The van der Waals surface area contributed by atoms with E-state index < -0.39 is 6.04 Å². The van der Waals surface area contributed by atoms with Gasteiger partial charge in [0.1, 0.15) is 6.04 Å². The smallest absolute Gasteiger partial charge is 0.245 e. The Morgan fingerprint density at radius 1 is 1.00 bits per heavy atom. The molecule has 5 heteroatoms. The van der Waals surface area contributed by atoms with Gasteiger partial charge in [0.2, 0.25) is 11.8 Å². The van der Waals surface area contributed by atoms with Crippen LogP contribution in [0.15, 0.2) is 30.3 Å². The highest BCUT2D eigenvalue weighted by Crippen LogP contribution is 2.60. The minimum absolute atomic E-state index is 0.0383. The normalized spacial score (nSPS) is 36.5. The first kappa shape index (κ1) is 20.0. The van der Waals surface area contributed by atoms with Crippen molar-refractivity contribution in [3.8, 4) is 0 Å². The van der Waals surface area contributed by atoms with Crippen molar-refractivity contribution in [3.05, 3.63) is 35.9 Å². The summed E-state index contributed by atoms with van der Waals surface area (Å²) in [6, 6.07) is 9.84. The van der Waals surface area contributed by atoms with Gasteiger partial charge < -0.3 is 15.1 Å². The maximum Gasteiger partial charge on any atom is 0.245 e. The van der Waals surface area contributed by atoms with Gasteiger partial charge in [0.25, 0.3) is 0 Å². The molecule has 1 saturated heterocycles. The van der Waals surface area contributed by atoms with Crippen LogP contribution in [0.25, 0.3) is 0 Å². The summed E-state index contributed by atoms with van der Waals surface area (Å²) in [7, 11) is 2.11. The zero-order chi connectivity index (χ0) is 20.9. The van der Waals surface area contributed by atoms with E-state index >= 15 is 0 Å². The van der Waals surface area contributed by atoms with Crippen LogP contribution in [0, 0.1) is 23.2 Å². The molecule has 4 bridgehead atoms. The molecule has 0 aromatic heterocycles. The summed E-state index contributed by atoms with van der Waals surface area (Å²) < 4.78 is 0. The Morgan fingerprint density at radius 2 is 1.60 bits per heavy atom. The molecule has 2 atom stereocenters. The molecule has 1 aromatic carbocycles. The molecule has 4 aliphatic carbocycles. The number of piperazine rings is 1. The van der Waals surface area contributed by atoms with E-state index in [0.717, 1.165) is 55.7 Å². The highest BCUT2D eigenvalue weighted by atomic mass is 16.2. The predicted octanol–water partition coefficient (Wildman–Crippen LogP) is 3.22. The van der Waals surface area contributed by atoms with Crippen LogP contribution in [-0.2, 0) is 9.59 Å².